The van der Waals surface area contributed by atoms with E-state index < -0.39 is 0 Å². The number of amides is 1. The van der Waals surface area contributed by atoms with Gasteiger partial charge >= 0.3 is 0 Å². The van der Waals surface area contributed by atoms with Crippen molar-refractivity contribution >= 4 is 11.4 Å². The zero-order valence-electron chi connectivity index (χ0n) is 14.3. The Kier molecular flexibility index (Phi) is 3.44. The van der Waals surface area contributed by atoms with Crippen molar-refractivity contribution < 1.29 is 4.79 Å². The highest BCUT2D eigenvalue weighted by Crippen LogP contribution is 2.41. The molecule has 1 aliphatic heterocycles. The van der Waals surface area contributed by atoms with Gasteiger partial charge in [-0.2, -0.15) is 5.10 Å². The Morgan fingerprint density at radius 2 is 1.92 bits per heavy atom. The minimum absolute atomic E-state index is 0.00474. The van der Waals surface area contributed by atoms with Gasteiger partial charge < -0.3 is 4.90 Å². The molecule has 4 heterocycles. The number of aromatic amines is 1. The van der Waals surface area contributed by atoms with Gasteiger partial charge in [0.2, 0.25) is 5.95 Å². The number of rotatable bonds is 3. The number of nitrogens with zero attached hydrogens (tertiary/aromatic N) is 5. The van der Waals surface area contributed by atoms with Crippen LogP contribution in [0, 0.1) is 11.8 Å². The molecule has 1 saturated heterocycles. The van der Waals surface area contributed by atoms with Crippen LogP contribution in [0.1, 0.15) is 36.0 Å². The second-order valence-electron chi connectivity index (χ2n) is 7.26. The molecule has 2 fully saturated rings. The molecule has 1 saturated carbocycles. The second kappa shape index (κ2) is 5.82. The SMILES string of the molecule is O=C(c1cnn(-c2nn3cccc3c(=O)[nH]2)c1)N1CCC(C2CC2)CC1. The highest BCUT2D eigenvalue weighted by atomic mass is 16.2. The molecular weight excluding hydrogens is 332 g/mol. The molecule has 0 aromatic carbocycles. The van der Waals surface area contributed by atoms with Crippen molar-refractivity contribution in [2.75, 3.05) is 13.1 Å². The minimum atomic E-state index is -0.245. The van der Waals surface area contributed by atoms with Gasteiger partial charge in [0.15, 0.2) is 0 Å². The fourth-order valence-electron chi connectivity index (χ4n) is 3.91. The summed E-state index contributed by atoms with van der Waals surface area (Å²) in [4.78, 5) is 29.4. The van der Waals surface area contributed by atoms with Gasteiger partial charge in [-0.25, -0.2) is 9.20 Å². The summed E-state index contributed by atoms with van der Waals surface area (Å²) in [6.07, 6.45) is 9.80. The van der Waals surface area contributed by atoms with Crippen LogP contribution < -0.4 is 5.56 Å². The van der Waals surface area contributed by atoms with Gasteiger partial charge in [-0.1, -0.05) is 0 Å². The molecule has 0 bridgehead atoms. The fourth-order valence-corrected chi connectivity index (χ4v) is 3.91. The number of hydrogen-bond acceptors (Lipinski definition) is 4. The number of H-pyrrole nitrogens is 1. The zero-order valence-corrected chi connectivity index (χ0v) is 14.3. The monoisotopic (exact) mass is 352 g/mol. The van der Waals surface area contributed by atoms with E-state index in [2.05, 4.69) is 15.2 Å². The lowest BCUT2D eigenvalue weighted by Gasteiger charge is -2.31. The highest BCUT2D eigenvalue weighted by molar-refractivity contribution is 5.93. The molecule has 8 nitrogen and oxygen atoms in total. The van der Waals surface area contributed by atoms with E-state index in [-0.39, 0.29) is 17.4 Å². The van der Waals surface area contributed by atoms with Gasteiger partial charge in [-0.3, -0.25) is 14.6 Å². The summed E-state index contributed by atoms with van der Waals surface area (Å²) >= 11 is 0. The van der Waals surface area contributed by atoms with Crippen molar-refractivity contribution in [1.82, 2.24) is 29.3 Å². The predicted octanol–water partition coefficient (Wildman–Crippen LogP) is 1.47. The summed E-state index contributed by atoms with van der Waals surface area (Å²) in [5, 5.41) is 8.54. The smallest absolute Gasteiger partial charge is 0.276 e. The lowest BCUT2D eigenvalue weighted by molar-refractivity contribution is 0.0680. The van der Waals surface area contributed by atoms with E-state index in [4.69, 9.17) is 0 Å². The van der Waals surface area contributed by atoms with Crippen LogP contribution in [0.5, 0.6) is 0 Å². The number of carbonyl (C=O) groups is 1. The molecule has 1 N–H and O–H groups in total. The molecule has 26 heavy (non-hydrogen) atoms. The third kappa shape index (κ3) is 2.61. The summed E-state index contributed by atoms with van der Waals surface area (Å²) < 4.78 is 2.94. The Labute approximate surface area is 149 Å². The first-order valence-corrected chi connectivity index (χ1v) is 9.11. The van der Waals surface area contributed by atoms with Crippen molar-refractivity contribution in [3.63, 3.8) is 0 Å². The summed E-state index contributed by atoms with van der Waals surface area (Å²) in [6, 6.07) is 3.45. The van der Waals surface area contributed by atoms with Crippen molar-refractivity contribution in [2.45, 2.75) is 25.7 Å². The Morgan fingerprint density at radius 3 is 2.69 bits per heavy atom. The maximum atomic E-state index is 12.7. The number of nitrogens with one attached hydrogen (secondary N) is 1. The van der Waals surface area contributed by atoms with E-state index in [0.29, 0.717) is 11.1 Å². The average molecular weight is 352 g/mol. The Morgan fingerprint density at radius 1 is 1.15 bits per heavy atom. The lowest BCUT2D eigenvalue weighted by Crippen LogP contribution is -2.38. The molecule has 0 spiro atoms. The molecule has 3 aromatic rings. The number of piperidine rings is 1. The van der Waals surface area contributed by atoms with Crippen LogP contribution in [-0.4, -0.2) is 48.3 Å². The molecule has 1 aliphatic carbocycles. The zero-order chi connectivity index (χ0) is 17.7. The van der Waals surface area contributed by atoms with E-state index in [9.17, 15) is 9.59 Å². The van der Waals surface area contributed by atoms with Gasteiger partial charge in [0.05, 0.1) is 11.8 Å². The Balaban J connectivity index is 1.35. The number of hydrogen-bond donors (Lipinski definition) is 1. The van der Waals surface area contributed by atoms with Crippen molar-refractivity contribution in [2.24, 2.45) is 11.8 Å². The number of fused-ring (bicyclic) bond motifs is 1. The van der Waals surface area contributed by atoms with E-state index >= 15 is 0 Å². The van der Waals surface area contributed by atoms with Crippen molar-refractivity contribution in [1.29, 1.82) is 0 Å². The summed E-state index contributed by atoms with van der Waals surface area (Å²) in [5.74, 6) is 1.98. The quantitative estimate of drug-likeness (QED) is 0.773. The van der Waals surface area contributed by atoms with Crippen LogP contribution in [0.3, 0.4) is 0 Å². The fraction of sp³-hybridized carbons (Fsp3) is 0.444. The van der Waals surface area contributed by atoms with Gasteiger partial charge in [-0.05, 0) is 49.7 Å². The van der Waals surface area contributed by atoms with Gasteiger partial charge in [-0.15, -0.1) is 5.10 Å². The Hall–Kier alpha value is -2.90. The maximum Gasteiger partial charge on any atom is 0.276 e. The van der Waals surface area contributed by atoms with E-state index in [1.807, 2.05) is 4.90 Å². The van der Waals surface area contributed by atoms with E-state index in [1.165, 1.54) is 28.2 Å². The second-order valence-corrected chi connectivity index (χ2v) is 7.26. The maximum absolute atomic E-state index is 12.7. The van der Waals surface area contributed by atoms with Gasteiger partial charge in [0.25, 0.3) is 11.5 Å². The summed E-state index contributed by atoms with van der Waals surface area (Å²) in [6.45, 7) is 1.63. The number of aromatic nitrogens is 5. The third-order valence-corrected chi connectivity index (χ3v) is 5.55. The van der Waals surface area contributed by atoms with Crippen LogP contribution in [0.25, 0.3) is 11.5 Å². The number of carbonyl (C=O) groups excluding carboxylic acids is 1. The molecule has 1 amide bonds. The predicted molar refractivity (Wildman–Crippen MR) is 94.3 cm³/mol. The highest BCUT2D eigenvalue weighted by Gasteiger charge is 2.34. The molecule has 0 radical (unpaired) electrons. The summed E-state index contributed by atoms with van der Waals surface area (Å²) in [5.41, 5.74) is 0.742. The normalized spacial score (nSPS) is 18.5. The lowest BCUT2D eigenvalue weighted by atomic mass is 9.92. The van der Waals surface area contributed by atoms with Crippen molar-refractivity contribution in [3.8, 4) is 5.95 Å². The van der Waals surface area contributed by atoms with E-state index in [0.717, 1.165) is 37.8 Å². The number of likely N-dealkylation sites (tertiary alicyclic amines) is 1. The summed E-state index contributed by atoms with van der Waals surface area (Å²) in [7, 11) is 0. The Bertz CT molecular complexity index is 1020. The first-order valence-electron chi connectivity index (χ1n) is 9.11. The largest absolute Gasteiger partial charge is 0.339 e. The minimum Gasteiger partial charge on any atom is -0.339 e. The first kappa shape index (κ1) is 15.4. The molecule has 134 valence electrons. The average Bonchev–Trinajstić information content (AvgIpc) is 3.18. The molecular formula is C18H20N6O2. The standard InChI is InChI=1S/C18H20N6O2/c25-16-15-2-1-7-23(15)21-18(20-16)24-11-14(10-19-24)17(26)22-8-5-13(6-9-22)12-3-4-12/h1-2,7,10-13H,3-6,8-9H2,(H,20,21,25). The van der Waals surface area contributed by atoms with Gasteiger partial charge in [0.1, 0.15) is 5.52 Å². The van der Waals surface area contributed by atoms with Crippen molar-refractivity contribution in [3.05, 3.63) is 46.6 Å². The third-order valence-electron chi connectivity index (χ3n) is 5.55. The van der Waals surface area contributed by atoms with Crippen LogP contribution in [0.2, 0.25) is 0 Å². The molecule has 5 rings (SSSR count). The van der Waals surface area contributed by atoms with Crippen LogP contribution in [-0.2, 0) is 0 Å². The molecule has 2 aliphatic rings. The van der Waals surface area contributed by atoms with Crippen LogP contribution >= 0.6 is 0 Å². The van der Waals surface area contributed by atoms with Crippen LogP contribution in [0.4, 0.5) is 0 Å². The van der Waals surface area contributed by atoms with E-state index in [1.54, 1.807) is 24.5 Å². The first-order chi connectivity index (χ1) is 12.7. The van der Waals surface area contributed by atoms with Gasteiger partial charge in [0, 0.05) is 25.5 Å². The topological polar surface area (TPSA) is 88.3 Å². The molecule has 8 heteroatoms. The van der Waals surface area contributed by atoms with Crippen LogP contribution in [0.15, 0.2) is 35.5 Å². The molecule has 0 unspecified atom stereocenters. The molecule has 3 aromatic heterocycles. The molecule has 0 atom stereocenters.